The number of benzene rings is 2. The SMILES string of the molecule is Cc1cccc(CC(CNC(=O)C(C)(C)c2ccccc2F)C(=O)O)c1. The minimum atomic E-state index is -1.10. The van der Waals surface area contributed by atoms with Crippen LogP contribution in [0.5, 0.6) is 0 Å². The van der Waals surface area contributed by atoms with Crippen molar-refractivity contribution in [1.82, 2.24) is 5.32 Å². The molecule has 1 amide bonds. The van der Waals surface area contributed by atoms with Crippen molar-refractivity contribution < 1.29 is 19.1 Å². The third-order valence-corrected chi connectivity index (χ3v) is 4.54. The molecule has 0 aromatic heterocycles. The summed E-state index contributed by atoms with van der Waals surface area (Å²) in [5, 5.41) is 12.1. The van der Waals surface area contributed by atoms with Crippen molar-refractivity contribution in [2.75, 3.05) is 6.54 Å². The molecule has 2 rings (SSSR count). The molecule has 0 aliphatic heterocycles. The molecule has 2 N–H and O–H groups in total. The zero-order valence-corrected chi connectivity index (χ0v) is 15.3. The fraction of sp³-hybridized carbons (Fsp3) is 0.333. The van der Waals surface area contributed by atoms with Gasteiger partial charge in [-0.15, -0.1) is 0 Å². The number of carbonyl (C=O) groups excluding carboxylic acids is 1. The van der Waals surface area contributed by atoms with Crippen LogP contribution in [0.1, 0.15) is 30.5 Å². The van der Waals surface area contributed by atoms with E-state index in [1.165, 1.54) is 6.07 Å². The highest BCUT2D eigenvalue weighted by atomic mass is 19.1. The van der Waals surface area contributed by atoms with Gasteiger partial charge in [-0.1, -0.05) is 48.0 Å². The number of carboxylic acids is 1. The minimum absolute atomic E-state index is 0.0139. The molecule has 2 aromatic carbocycles. The lowest BCUT2D eigenvalue weighted by Gasteiger charge is -2.25. The van der Waals surface area contributed by atoms with E-state index in [1.54, 1.807) is 32.0 Å². The average Bonchev–Trinajstić information content (AvgIpc) is 2.58. The summed E-state index contributed by atoms with van der Waals surface area (Å²) in [7, 11) is 0. The van der Waals surface area contributed by atoms with Crippen LogP contribution in [0.15, 0.2) is 48.5 Å². The molecule has 138 valence electrons. The van der Waals surface area contributed by atoms with Crippen LogP contribution in [0.25, 0.3) is 0 Å². The first-order valence-electron chi connectivity index (χ1n) is 8.53. The number of hydrogen-bond donors (Lipinski definition) is 2. The zero-order chi connectivity index (χ0) is 19.3. The normalized spacial score (nSPS) is 12.5. The lowest BCUT2D eigenvalue weighted by molar-refractivity contribution is -0.141. The van der Waals surface area contributed by atoms with Gasteiger partial charge in [0.2, 0.25) is 5.91 Å². The number of amides is 1. The minimum Gasteiger partial charge on any atom is -0.481 e. The van der Waals surface area contributed by atoms with Gasteiger partial charge in [0, 0.05) is 12.1 Å². The fourth-order valence-corrected chi connectivity index (χ4v) is 2.90. The smallest absolute Gasteiger partial charge is 0.308 e. The molecule has 0 saturated heterocycles. The summed E-state index contributed by atoms with van der Waals surface area (Å²) in [5.41, 5.74) is 1.14. The lowest BCUT2D eigenvalue weighted by Crippen LogP contribution is -2.44. The van der Waals surface area contributed by atoms with Crippen LogP contribution < -0.4 is 5.32 Å². The van der Waals surface area contributed by atoms with Crippen LogP contribution in [0.3, 0.4) is 0 Å². The molecule has 0 fully saturated rings. The number of hydrogen-bond acceptors (Lipinski definition) is 2. The molecule has 2 aromatic rings. The molecule has 0 heterocycles. The Hall–Kier alpha value is -2.69. The van der Waals surface area contributed by atoms with Crippen LogP contribution in [0.4, 0.5) is 4.39 Å². The Kier molecular flexibility index (Phi) is 6.14. The molecule has 0 bridgehead atoms. The van der Waals surface area contributed by atoms with E-state index in [2.05, 4.69) is 5.32 Å². The monoisotopic (exact) mass is 357 g/mol. The molecule has 0 aliphatic carbocycles. The molecule has 26 heavy (non-hydrogen) atoms. The highest BCUT2D eigenvalue weighted by Gasteiger charge is 2.33. The predicted molar refractivity (Wildman–Crippen MR) is 98.4 cm³/mol. The van der Waals surface area contributed by atoms with Gasteiger partial charge in [0.25, 0.3) is 0 Å². The number of carbonyl (C=O) groups is 2. The molecule has 4 nitrogen and oxygen atoms in total. The molecule has 0 aliphatic rings. The van der Waals surface area contributed by atoms with Gasteiger partial charge in [0.15, 0.2) is 0 Å². The summed E-state index contributed by atoms with van der Waals surface area (Å²) in [6.07, 6.45) is 0.317. The van der Waals surface area contributed by atoms with Crippen LogP contribution in [0.2, 0.25) is 0 Å². The maximum Gasteiger partial charge on any atom is 0.308 e. The highest BCUT2D eigenvalue weighted by molar-refractivity contribution is 5.87. The van der Waals surface area contributed by atoms with Crippen LogP contribution in [0, 0.1) is 18.7 Å². The quantitative estimate of drug-likeness (QED) is 0.797. The first-order valence-corrected chi connectivity index (χ1v) is 8.53. The summed E-state index contributed by atoms with van der Waals surface area (Å²) in [6.45, 7) is 5.17. The van der Waals surface area contributed by atoms with E-state index in [9.17, 15) is 19.1 Å². The summed E-state index contributed by atoms with van der Waals surface area (Å²) in [5.74, 6) is -2.59. The standard InChI is InChI=1S/C21H24FNO3/c1-14-7-6-8-15(11-14)12-16(19(24)25)13-23-20(26)21(2,3)17-9-4-5-10-18(17)22/h4-11,16H,12-13H2,1-3H3,(H,23,26)(H,24,25). The van der Waals surface area contributed by atoms with Gasteiger partial charge in [-0.3, -0.25) is 9.59 Å². The van der Waals surface area contributed by atoms with Crippen molar-refractivity contribution in [1.29, 1.82) is 0 Å². The second-order valence-corrected chi connectivity index (χ2v) is 7.04. The Morgan fingerprint density at radius 2 is 1.85 bits per heavy atom. The number of rotatable bonds is 7. The first-order chi connectivity index (χ1) is 12.2. The Morgan fingerprint density at radius 1 is 1.15 bits per heavy atom. The maximum atomic E-state index is 14.0. The van der Waals surface area contributed by atoms with Gasteiger partial charge >= 0.3 is 5.97 Å². The molecule has 1 unspecified atom stereocenters. The number of carboxylic acid groups (broad SMARTS) is 1. The van der Waals surface area contributed by atoms with Gasteiger partial charge in [-0.25, -0.2) is 4.39 Å². The van der Waals surface area contributed by atoms with Crippen molar-refractivity contribution in [3.63, 3.8) is 0 Å². The number of aliphatic carboxylic acids is 1. The maximum absolute atomic E-state index is 14.0. The third kappa shape index (κ3) is 4.69. The topological polar surface area (TPSA) is 66.4 Å². The summed E-state index contributed by atoms with van der Waals surface area (Å²) >= 11 is 0. The van der Waals surface area contributed by atoms with E-state index in [4.69, 9.17) is 0 Å². The molecular weight excluding hydrogens is 333 g/mol. The van der Waals surface area contributed by atoms with E-state index < -0.39 is 29.0 Å². The molecule has 0 radical (unpaired) electrons. The molecule has 5 heteroatoms. The van der Waals surface area contributed by atoms with E-state index >= 15 is 0 Å². The van der Waals surface area contributed by atoms with Crippen LogP contribution in [-0.4, -0.2) is 23.5 Å². The summed E-state index contributed by atoms with van der Waals surface area (Å²) in [4.78, 5) is 24.1. The predicted octanol–water partition coefficient (Wildman–Crippen LogP) is 3.47. The molecular formula is C21H24FNO3. The Bertz CT molecular complexity index is 801. The Morgan fingerprint density at radius 3 is 2.46 bits per heavy atom. The molecule has 0 saturated carbocycles. The zero-order valence-electron chi connectivity index (χ0n) is 15.3. The largest absolute Gasteiger partial charge is 0.481 e. The number of aryl methyl sites for hydroxylation is 1. The lowest BCUT2D eigenvalue weighted by atomic mass is 9.83. The van der Waals surface area contributed by atoms with Gasteiger partial charge in [0.05, 0.1) is 11.3 Å². The molecule has 0 spiro atoms. The van der Waals surface area contributed by atoms with Gasteiger partial charge in [-0.2, -0.15) is 0 Å². The summed E-state index contributed by atoms with van der Waals surface area (Å²) in [6, 6.07) is 13.7. The van der Waals surface area contributed by atoms with E-state index in [-0.39, 0.29) is 12.1 Å². The highest BCUT2D eigenvalue weighted by Crippen LogP contribution is 2.26. The molecule has 1 atom stereocenters. The summed E-state index contributed by atoms with van der Waals surface area (Å²) < 4.78 is 14.0. The average molecular weight is 357 g/mol. The first kappa shape index (κ1) is 19.6. The Labute approximate surface area is 153 Å². The van der Waals surface area contributed by atoms with Gasteiger partial charge in [-0.05, 0) is 38.8 Å². The van der Waals surface area contributed by atoms with E-state index in [1.807, 2.05) is 31.2 Å². The van der Waals surface area contributed by atoms with Crippen molar-refractivity contribution in [3.05, 3.63) is 71.0 Å². The van der Waals surface area contributed by atoms with Crippen molar-refractivity contribution in [2.45, 2.75) is 32.6 Å². The van der Waals surface area contributed by atoms with Crippen molar-refractivity contribution in [3.8, 4) is 0 Å². The second kappa shape index (κ2) is 8.13. The van der Waals surface area contributed by atoms with Gasteiger partial charge < -0.3 is 10.4 Å². The third-order valence-electron chi connectivity index (χ3n) is 4.54. The second-order valence-electron chi connectivity index (χ2n) is 7.04. The van der Waals surface area contributed by atoms with E-state index in [0.717, 1.165) is 11.1 Å². The Balaban J connectivity index is 2.07. The van der Waals surface area contributed by atoms with Crippen molar-refractivity contribution >= 4 is 11.9 Å². The van der Waals surface area contributed by atoms with E-state index in [0.29, 0.717) is 6.42 Å². The number of halogens is 1. The van der Waals surface area contributed by atoms with Crippen LogP contribution in [-0.2, 0) is 21.4 Å². The van der Waals surface area contributed by atoms with Crippen LogP contribution >= 0.6 is 0 Å². The fourth-order valence-electron chi connectivity index (χ4n) is 2.90. The number of nitrogens with one attached hydrogen (secondary N) is 1. The van der Waals surface area contributed by atoms with Gasteiger partial charge in [0.1, 0.15) is 5.82 Å². The van der Waals surface area contributed by atoms with Crippen molar-refractivity contribution in [2.24, 2.45) is 5.92 Å².